The second-order valence-corrected chi connectivity index (χ2v) is 9.90. The highest BCUT2D eigenvalue weighted by Gasteiger charge is 2.33. The Kier molecular flexibility index (Phi) is 6.73. The number of anilines is 2. The first-order valence-electron chi connectivity index (χ1n) is 10.7. The Hall–Kier alpha value is -2.56. The molecule has 0 aromatic heterocycles. The topological polar surface area (TPSA) is 73.0 Å². The predicted molar refractivity (Wildman–Crippen MR) is 118 cm³/mol. The number of halogens is 2. The van der Waals surface area contributed by atoms with Gasteiger partial charge in [-0.25, -0.2) is 17.2 Å². The Bertz CT molecular complexity index is 1040. The van der Waals surface area contributed by atoms with Crippen molar-refractivity contribution in [1.29, 1.82) is 0 Å². The van der Waals surface area contributed by atoms with Gasteiger partial charge in [0.25, 0.3) is 0 Å². The third-order valence-electron chi connectivity index (χ3n) is 5.84. The molecule has 2 aromatic carbocycles. The molecule has 0 bridgehead atoms. The van der Waals surface area contributed by atoms with E-state index in [2.05, 4.69) is 10.2 Å². The van der Waals surface area contributed by atoms with Crippen LogP contribution >= 0.6 is 0 Å². The molecule has 0 unspecified atom stereocenters. The average Bonchev–Trinajstić information content (AvgIpc) is 3.29. The van der Waals surface area contributed by atoms with E-state index >= 15 is 0 Å². The highest BCUT2D eigenvalue weighted by molar-refractivity contribution is 7.89. The normalized spacial score (nSPS) is 18.1. The van der Waals surface area contributed by atoms with Crippen LogP contribution in [0.25, 0.3) is 0 Å². The number of rotatable bonds is 6. The standard InChI is InChI=1S/C22H26F2N4O3S/c23-19-4-3-5-20(24)22(19)32(30,31)28-14-12-26(13-15-28)16-21(29)25-17-6-8-18(9-7-17)27-10-1-2-11-27/h3-9H,1-2,10-16H2,(H,25,29). The zero-order valence-corrected chi connectivity index (χ0v) is 18.5. The maximum atomic E-state index is 14.0. The van der Waals surface area contributed by atoms with Gasteiger partial charge in [-0.3, -0.25) is 9.69 Å². The Balaban J connectivity index is 1.29. The van der Waals surface area contributed by atoms with Gasteiger partial charge in [0.15, 0.2) is 4.90 Å². The molecule has 2 saturated heterocycles. The van der Waals surface area contributed by atoms with Gasteiger partial charge >= 0.3 is 0 Å². The van der Waals surface area contributed by atoms with Crippen LogP contribution in [0.5, 0.6) is 0 Å². The van der Waals surface area contributed by atoms with Crippen LogP contribution in [-0.4, -0.2) is 69.3 Å². The van der Waals surface area contributed by atoms with E-state index in [1.165, 1.54) is 12.8 Å². The summed E-state index contributed by atoms with van der Waals surface area (Å²) in [7, 11) is -4.28. The first-order valence-corrected chi connectivity index (χ1v) is 12.1. The molecule has 0 atom stereocenters. The molecule has 32 heavy (non-hydrogen) atoms. The van der Waals surface area contributed by atoms with Gasteiger partial charge in [-0.05, 0) is 49.2 Å². The minimum absolute atomic E-state index is 0.0495. The van der Waals surface area contributed by atoms with Crippen LogP contribution in [0.4, 0.5) is 20.2 Å². The van der Waals surface area contributed by atoms with Crippen LogP contribution in [0.1, 0.15) is 12.8 Å². The van der Waals surface area contributed by atoms with Gasteiger partial charge in [0.05, 0.1) is 6.54 Å². The summed E-state index contributed by atoms with van der Waals surface area (Å²) in [6.07, 6.45) is 2.39. The maximum Gasteiger partial charge on any atom is 0.249 e. The lowest BCUT2D eigenvalue weighted by Gasteiger charge is -2.33. The summed E-state index contributed by atoms with van der Waals surface area (Å²) in [5, 5.41) is 2.86. The van der Waals surface area contributed by atoms with E-state index in [4.69, 9.17) is 0 Å². The second-order valence-electron chi connectivity index (χ2n) is 8.02. The Morgan fingerprint density at radius 3 is 2.06 bits per heavy atom. The molecule has 2 aliphatic heterocycles. The van der Waals surface area contributed by atoms with E-state index in [-0.39, 0.29) is 38.6 Å². The highest BCUT2D eigenvalue weighted by Crippen LogP contribution is 2.24. The number of sulfonamides is 1. The van der Waals surface area contributed by atoms with Gasteiger partial charge in [-0.2, -0.15) is 4.31 Å². The predicted octanol–water partition coefficient (Wildman–Crippen LogP) is 2.51. The summed E-state index contributed by atoms with van der Waals surface area (Å²) in [6, 6.07) is 10.7. The quantitative estimate of drug-likeness (QED) is 0.711. The molecule has 2 heterocycles. The van der Waals surface area contributed by atoms with Crippen LogP contribution < -0.4 is 10.2 Å². The van der Waals surface area contributed by atoms with Gasteiger partial charge < -0.3 is 10.2 Å². The number of nitrogens with zero attached hydrogens (tertiary/aromatic N) is 3. The lowest BCUT2D eigenvalue weighted by Crippen LogP contribution is -2.50. The zero-order valence-electron chi connectivity index (χ0n) is 17.6. The van der Waals surface area contributed by atoms with Crippen LogP contribution in [0.3, 0.4) is 0 Å². The van der Waals surface area contributed by atoms with E-state index in [0.717, 1.165) is 41.3 Å². The Morgan fingerprint density at radius 2 is 1.47 bits per heavy atom. The molecule has 1 amide bonds. The minimum Gasteiger partial charge on any atom is -0.372 e. The van der Waals surface area contributed by atoms with Gasteiger partial charge in [-0.1, -0.05) is 6.07 Å². The summed E-state index contributed by atoms with van der Waals surface area (Å²) in [5.74, 6) is -2.42. The Morgan fingerprint density at radius 1 is 0.875 bits per heavy atom. The number of hydrogen-bond donors (Lipinski definition) is 1. The number of carbonyl (C=O) groups excluding carboxylic acids is 1. The smallest absolute Gasteiger partial charge is 0.249 e. The van der Waals surface area contributed by atoms with Gasteiger partial charge in [0, 0.05) is 50.6 Å². The van der Waals surface area contributed by atoms with Crippen molar-refractivity contribution < 1.29 is 22.0 Å². The molecule has 172 valence electrons. The van der Waals surface area contributed by atoms with E-state index < -0.39 is 26.6 Å². The SMILES string of the molecule is O=C(CN1CCN(S(=O)(=O)c2c(F)cccc2F)CC1)Nc1ccc(N2CCCC2)cc1. The van der Waals surface area contributed by atoms with Crippen molar-refractivity contribution in [1.82, 2.24) is 9.21 Å². The zero-order chi connectivity index (χ0) is 22.7. The summed E-state index contributed by atoms with van der Waals surface area (Å²) >= 11 is 0. The van der Waals surface area contributed by atoms with Gasteiger partial charge in [-0.15, -0.1) is 0 Å². The third kappa shape index (κ3) is 4.92. The van der Waals surface area contributed by atoms with Crippen molar-refractivity contribution in [3.8, 4) is 0 Å². The molecule has 0 spiro atoms. The second kappa shape index (κ2) is 9.51. The fourth-order valence-corrected chi connectivity index (χ4v) is 5.65. The molecule has 0 saturated carbocycles. The molecular formula is C22H26F2N4O3S. The fraction of sp³-hybridized carbons (Fsp3) is 0.409. The van der Waals surface area contributed by atoms with Gasteiger partial charge in [0.2, 0.25) is 15.9 Å². The minimum atomic E-state index is -4.28. The first-order chi connectivity index (χ1) is 15.3. The largest absolute Gasteiger partial charge is 0.372 e. The summed E-state index contributed by atoms with van der Waals surface area (Å²) in [6.45, 7) is 2.89. The summed E-state index contributed by atoms with van der Waals surface area (Å²) < 4.78 is 54.3. The molecule has 0 aliphatic carbocycles. The molecule has 7 nitrogen and oxygen atoms in total. The van der Waals surface area contributed by atoms with E-state index in [9.17, 15) is 22.0 Å². The van der Waals surface area contributed by atoms with Gasteiger partial charge in [0.1, 0.15) is 11.6 Å². The monoisotopic (exact) mass is 464 g/mol. The van der Waals surface area contributed by atoms with Crippen molar-refractivity contribution >= 4 is 27.3 Å². The lowest BCUT2D eigenvalue weighted by atomic mass is 10.2. The molecular weight excluding hydrogens is 438 g/mol. The van der Waals surface area contributed by atoms with Crippen molar-refractivity contribution in [3.05, 3.63) is 54.1 Å². The first kappa shape index (κ1) is 22.6. The van der Waals surface area contributed by atoms with Crippen molar-refractivity contribution in [2.45, 2.75) is 17.7 Å². The van der Waals surface area contributed by atoms with E-state index in [1.807, 2.05) is 29.2 Å². The Labute approximate surface area is 186 Å². The van der Waals surface area contributed by atoms with E-state index in [1.54, 1.807) is 0 Å². The molecule has 2 fully saturated rings. The van der Waals surface area contributed by atoms with Crippen molar-refractivity contribution in [2.75, 3.05) is 56.0 Å². The molecule has 2 aromatic rings. The van der Waals surface area contributed by atoms with Crippen LogP contribution in [-0.2, 0) is 14.8 Å². The maximum absolute atomic E-state index is 14.0. The van der Waals surface area contributed by atoms with Crippen LogP contribution in [0, 0.1) is 11.6 Å². The average molecular weight is 465 g/mol. The molecule has 2 aliphatic rings. The molecule has 1 N–H and O–H groups in total. The number of piperazine rings is 1. The van der Waals surface area contributed by atoms with E-state index in [0.29, 0.717) is 5.69 Å². The number of hydrogen-bond acceptors (Lipinski definition) is 5. The third-order valence-corrected chi connectivity index (χ3v) is 7.79. The highest BCUT2D eigenvalue weighted by atomic mass is 32.2. The van der Waals surface area contributed by atoms with Crippen molar-refractivity contribution in [2.24, 2.45) is 0 Å². The summed E-state index contributed by atoms with van der Waals surface area (Å²) in [5.41, 5.74) is 1.85. The number of benzene rings is 2. The number of amides is 1. The van der Waals surface area contributed by atoms with Crippen LogP contribution in [0.15, 0.2) is 47.4 Å². The molecule has 4 rings (SSSR count). The van der Waals surface area contributed by atoms with Crippen LogP contribution in [0.2, 0.25) is 0 Å². The molecule has 0 radical (unpaired) electrons. The fourth-order valence-electron chi connectivity index (χ4n) is 4.12. The number of nitrogens with one attached hydrogen (secondary N) is 1. The lowest BCUT2D eigenvalue weighted by molar-refractivity contribution is -0.117. The molecule has 10 heteroatoms. The number of carbonyl (C=O) groups is 1. The summed E-state index contributed by atoms with van der Waals surface area (Å²) in [4.78, 5) is 15.6. The van der Waals surface area contributed by atoms with Crippen molar-refractivity contribution in [3.63, 3.8) is 0 Å².